The number of piperazine rings is 1. The Labute approximate surface area is 227 Å². The van der Waals surface area contributed by atoms with Crippen molar-refractivity contribution in [1.82, 2.24) is 15.5 Å². The maximum Gasteiger partial charge on any atom is 0.336 e. The third kappa shape index (κ3) is 6.18. The molecule has 0 spiro atoms. The number of dihydropyridines is 1. The van der Waals surface area contributed by atoms with Crippen LogP contribution in [0.15, 0.2) is 71.1 Å². The highest BCUT2D eigenvalue weighted by Crippen LogP contribution is 2.40. The molecule has 2 aliphatic heterocycles. The number of allylic oxidation sites excluding steroid dienone is 2. The maximum atomic E-state index is 13.5. The van der Waals surface area contributed by atoms with E-state index in [-0.39, 0.29) is 29.5 Å². The van der Waals surface area contributed by atoms with Gasteiger partial charge >= 0.3 is 11.9 Å². The van der Waals surface area contributed by atoms with E-state index in [0.29, 0.717) is 23.5 Å². The number of aryl methyl sites for hydroxylation is 1. The molecule has 2 aromatic carbocycles. The van der Waals surface area contributed by atoms with Crippen LogP contribution in [-0.4, -0.2) is 61.7 Å². The minimum atomic E-state index is -0.884. The fourth-order valence-corrected chi connectivity index (χ4v) is 5.26. The molecule has 2 aromatic rings. The lowest BCUT2D eigenvalue weighted by Crippen LogP contribution is -2.47. The van der Waals surface area contributed by atoms with Gasteiger partial charge in [-0.05, 0) is 31.9 Å². The van der Waals surface area contributed by atoms with Gasteiger partial charge in [0.25, 0.3) is 5.69 Å². The summed E-state index contributed by atoms with van der Waals surface area (Å²) in [5.74, 6) is -2.10. The Kier molecular flexibility index (Phi) is 8.78. The van der Waals surface area contributed by atoms with Crippen molar-refractivity contribution in [3.05, 3.63) is 97.9 Å². The van der Waals surface area contributed by atoms with E-state index in [1.165, 1.54) is 36.4 Å². The molecule has 2 unspecified atom stereocenters. The number of nitrogens with zero attached hydrogens (tertiary/aromatic N) is 2. The zero-order valence-electron chi connectivity index (χ0n) is 22.7. The van der Waals surface area contributed by atoms with Crippen LogP contribution in [0, 0.1) is 17.0 Å². The molecule has 2 N–H and O–H groups in total. The van der Waals surface area contributed by atoms with Gasteiger partial charge in [0.1, 0.15) is 6.61 Å². The van der Waals surface area contributed by atoms with Gasteiger partial charge in [-0.15, -0.1) is 0 Å². The number of non-ortho nitro benzene ring substituents is 1. The predicted octanol–water partition coefficient (Wildman–Crippen LogP) is 3.50. The average Bonchev–Trinajstić information content (AvgIpc) is 2.93. The summed E-state index contributed by atoms with van der Waals surface area (Å²) in [5.41, 5.74) is 4.13. The Bertz CT molecular complexity index is 1320. The monoisotopic (exact) mass is 534 g/mol. The Hall–Kier alpha value is -4.02. The number of nitro benzene ring substituents is 1. The van der Waals surface area contributed by atoms with Gasteiger partial charge in [-0.3, -0.25) is 15.0 Å². The molecule has 0 aliphatic carbocycles. The highest BCUT2D eigenvalue weighted by atomic mass is 16.6. The molecule has 10 heteroatoms. The predicted molar refractivity (Wildman–Crippen MR) is 146 cm³/mol. The van der Waals surface area contributed by atoms with Gasteiger partial charge < -0.3 is 20.1 Å². The van der Waals surface area contributed by atoms with Gasteiger partial charge in [0.15, 0.2) is 0 Å². The zero-order chi connectivity index (χ0) is 28.1. The number of ether oxygens (including phenoxy) is 2. The maximum absolute atomic E-state index is 13.5. The Morgan fingerprint density at radius 2 is 1.72 bits per heavy atom. The van der Waals surface area contributed by atoms with Crippen molar-refractivity contribution in [1.29, 1.82) is 0 Å². The zero-order valence-corrected chi connectivity index (χ0v) is 22.7. The van der Waals surface area contributed by atoms with E-state index in [9.17, 15) is 19.7 Å². The van der Waals surface area contributed by atoms with Crippen LogP contribution >= 0.6 is 0 Å². The second-order valence-electron chi connectivity index (χ2n) is 9.78. The first kappa shape index (κ1) is 28.0. The number of benzene rings is 2. The van der Waals surface area contributed by atoms with E-state index in [1.54, 1.807) is 19.9 Å². The van der Waals surface area contributed by atoms with E-state index in [4.69, 9.17) is 9.47 Å². The second-order valence-corrected chi connectivity index (χ2v) is 9.78. The minimum Gasteiger partial charge on any atom is -0.466 e. The SMILES string of the molecule is COC(=O)C1=C(C)NC(C)=C(C(=O)OCCN2CCNCC2c2ccc(C)cc2)C1c1cccc([N+](=O)[O-])c1. The van der Waals surface area contributed by atoms with Crippen LogP contribution in [0.5, 0.6) is 0 Å². The average molecular weight is 535 g/mol. The summed E-state index contributed by atoms with van der Waals surface area (Å²) in [6.45, 7) is 8.62. The molecule has 4 rings (SSSR count). The standard InChI is InChI=1S/C29H34N4O6/c1-18-8-10-21(11-9-18)24-17-30-12-13-32(24)14-15-39-29(35)26-20(3)31-19(2)25(28(34)38-4)27(26)22-6-5-7-23(16-22)33(36)37/h5-11,16,24,27,30-31H,12-15,17H2,1-4H3. The lowest BCUT2D eigenvalue weighted by Gasteiger charge is -2.36. The number of nitrogens with one attached hydrogen (secondary N) is 2. The van der Waals surface area contributed by atoms with Crippen LogP contribution in [0.2, 0.25) is 0 Å². The van der Waals surface area contributed by atoms with Crippen molar-refractivity contribution in [2.24, 2.45) is 0 Å². The summed E-state index contributed by atoms with van der Waals surface area (Å²) < 4.78 is 10.8. The van der Waals surface area contributed by atoms with Crippen LogP contribution in [0.1, 0.15) is 42.5 Å². The van der Waals surface area contributed by atoms with Crippen LogP contribution in [-0.2, 0) is 19.1 Å². The third-order valence-corrected chi connectivity index (χ3v) is 7.23. The van der Waals surface area contributed by atoms with Crippen LogP contribution in [0.3, 0.4) is 0 Å². The highest BCUT2D eigenvalue weighted by Gasteiger charge is 2.38. The number of hydrogen-bond donors (Lipinski definition) is 2. The molecule has 39 heavy (non-hydrogen) atoms. The fraction of sp³-hybridized carbons (Fsp3) is 0.379. The molecule has 0 saturated carbocycles. The molecular formula is C29H34N4O6. The largest absolute Gasteiger partial charge is 0.466 e. The summed E-state index contributed by atoms with van der Waals surface area (Å²) in [4.78, 5) is 39.6. The van der Waals surface area contributed by atoms with Crippen LogP contribution in [0.4, 0.5) is 5.69 Å². The van der Waals surface area contributed by atoms with E-state index in [1.807, 2.05) is 0 Å². The molecule has 2 heterocycles. The van der Waals surface area contributed by atoms with Gasteiger partial charge in [0.2, 0.25) is 0 Å². The fourth-order valence-electron chi connectivity index (χ4n) is 5.26. The normalized spacial score (nSPS) is 19.9. The number of esters is 2. The van der Waals surface area contributed by atoms with E-state index >= 15 is 0 Å². The van der Waals surface area contributed by atoms with E-state index < -0.39 is 22.8 Å². The molecule has 206 valence electrons. The Morgan fingerprint density at radius 3 is 2.38 bits per heavy atom. The minimum absolute atomic E-state index is 0.140. The number of carbonyl (C=O) groups excluding carboxylic acids is 2. The van der Waals surface area contributed by atoms with Gasteiger partial charge in [-0.1, -0.05) is 42.0 Å². The molecule has 2 atom stereocenters. The first-order valence-electron chi connectivity index (χ1n) is 12.9. The van der Waals surface area contributed by atoms with Crippen molar-refractivity contribution >= 4 is 17.6 Å². The van der Waals surface area contributed by atoms with Crippen LogP contribution < -0.4 is 10.6 Å². The van der Waals surface area contributed by atoms with Gasteiger partial charge in [0, 0.05) is 55.7 Å². The number of hydrogen-bond acceptors (Lipinski definition) is 9. The number of rotatable bonds is 8. The van der Waals surface area contributed by atoms with Crippen LogP contribution in [0.25, 0.3) is 0 Å². The molecule has 1 fully saturated rings. The van der Waals surface area contributed by atoms with Gasteiger partial charge in [-0.25, -0.2) is 9.59 Å². The van der Waals surface area contributed by atoms with E-state index in [0.717, 1.165) is 19.6 Å². The molecule has 0 radical (unpaired) electrons. The summed E-state index contributed by atoms with van der Waals surface area (Å²) >= 11 is 0. The smallest absolute Gasteiger partial charge is 0.336 e. The lowest BCUT2D eigenvalue weighted by atomic mass is 9.80. The Morgan fingerprint density at radius 1 is 1.03 bits per heavy atom. The number of carbonyl (C=O) groups is 2. The van der Waals surface area contributed by atoms with Gasteiger partial charge in [-0.2, -0.15) is 0 Å². The summed E-state index contributed by atoms with van der Waals surface area (Å²) in [7, 11) is 1.26. The van der Waals surface area contributed by atoms with Crippen molar-refractivity contribution in [3.8, 4) is 0 Å². The lowest BCUT2D eigenvalue weighted by molar-refractivity contribution is -0.384. The highest BCUT2D eigenvalue weighted by molar-refractivity contribution is 5.99. The van der Waals surface area contributed by atoms with Crippen molar-refractivity contribution in [2.75, 3.05) is 39.9 Å². The third-order valence-electron chi connectivity index (χ3n) is 7.23. The summed E-state index contributed by atoms with van der Waals surface area (Å²) in [5, 5.41) is 18.0. The topological polar surface area (TPSA) is 123 Å². The van der Waals surface area contributed by atoms with Crippen molar-refractivity contribution in [2.45, 2.75) is 32.7 Å². The first-order valence-corrected chi connectivity index (χ1v) is 12.9. The molecule has 0 aromatic heterocycles. The van der Waals surface area contributed by atoms with E-state index in [2.05, 4.69) is 46.7 Å². The molecule has 0 amide bonds. The molecule has 1 saturated heterocycles. The summed E-state index contributed by atoms with van der Waals surface area (Å²) in [6.07, 6.45) is 0. The molecule has 0 bridgehead atoms. The van der Waals surface area contributed by atoms with Crippen molar-refractivity contribution < 1.29 is 24.0 Å². The second kappa shape index (κ2) is 12.2. The molecule has 2 aliphatic rings. The van der Waals surface area contributed by atoms with Crippen molar-refractivity contribution in [3.63, 3.8) is 0 Å². The quantitative estimate of drug-likeness (QED) is 0.298. The molecule has 10 nitrogen and oxygen atoms in total. The number of methoxy groups -OCH3 is 1. The summed E-state index contributed by atoms with van der Waals surface area (Å²) in [6, 6.07) is 14.5. The molecular weight excluding hydrogens is 500 g/mol. The van der Waals surface area contributed by atoms with Gasteiger partial charge in [0.05, 0.1) is 29.1 Å². The number of nitro groups is 1. The first-order chi connectivity index (χ1) is 18.7. The Balaban J connectivity index is 1.56.